The average molecular weight is 211 g/mol. The van der Waals surface area contributed by atoms with Gasteiger partial charge in [-0.3, -0.25) is 0 Å². The molecule has 0 bridgehead atoms. The van der Waals surface area contributed by atoms with Gasteiger partial charge in [-0.2, -0.15) is 5.26 Å². The maximum Gasteiger partial charge on any atom is 0.134 e. The normalized spacial score (nSPS) is 10.1. The van der Waals surface area contributed by atoms with Crippen LogP contribution in [0.2, 0.25) is 0 Å². The highest BCUT2D eigenvalue weighted by Crippen LogP contribution is 2.26. The van der Waals surface area contributed by atoms with E-state index in [1.807, 2.05) is 38.1 Å². The van der Waals surface area contributed by atoms with Gasteiger partial charge < -0.3 is 5.32 Å². The molecule has 1 N–H and O–H groups in total. The van der Waals surface area contributed by atoms with Crippen LogP contribution in [0.3, 0.4) is 0 Å². The minimum atomic E-state index is 0.664. The third-order valence-electron chi connectivity index (χ3n) is 2.55. The van der Waals surface area contributed by atoms with Crippen molar-refractivity contribution in [2.75, 3.05) is 11.9 Å². The number of hydrogen-bond acceptors (Lipinski definition) is 3. The van der Waals surface area contributed by atoms with Crippen molar-refractivity contribution in [1.82, 2.24) is 4.98 Å². The number of rotatable bonds is 2. The highest BCUT2D eigenvalue weighted by atomic mass is 15.0. The summed E-state index contributed by atoms with van der Waals surface area (Å²) in [4.78, 5) is 4.43. The van der Waals surface area contributed by atoms with Crippen LogP contribution >= 0.6 is 0 Å². The van der Waals surface area contributed by atoms with Crippen molar-refractivity contribution in [2.24, 2.45) is 0 Å². The van der Waals surface area contributed by atoms with Gasteiger partial charge in [0.25, 0.3) is 0 Å². The minimum Gasteiger partial charge on any atom is -0.370 e. The molecule has 0 saturated heterocycles. The van der Waals surface area contributed by atoms with Gasteiger partial charge in [0, 0.05) is 17.3 Å². The molecular formula is C13H13N3. The highest BCUT2D eigenvalue weighted by Gasteiger charge is 2.09. The van der Waals surface area contributed by atoms with E-state index < -0.39 is 0 Å². The first-order valence-electron chi connectivity index (χ1n) is 5.31. The zero-order valence-corrected chi connectivity index (χ0v) is 9.41. The highest BCUT2D eigenvalue weighted by molar-refractivity contribution is 5.96. The van der Waals surface area contributed by atoms with E-state index in [2.05, 4.69) is 16.4 Å². The number of anilines is 1. The smallest absolute Gasteiger partial charge is 0.134 e. The van der Waals surface area contributed by atoms with Crippen molar-refractivity contribution in [2.45, 2.75) is 13.8 Å². The average Bonchev–Trinajstić information content (AvgIpc) is 2.30. The Morgan fingerprint density at radius 2 is 2.00 bits per heavy atom. The van der Waals surface area contributed by atoms with Gasteiger partial charge in [-0.25, -0.2) is 4.98 Å². The molecule has 0 fully saturated rings. The minimum absolute atomic E-state index is 0.664. The number of pyridine rings is 1. The maximum atomic E-state index is 9.13. The maximum absolute atomic E-state index is 9.13. The van der Waals surface area contributed by atoms with Crippen LogP contribution in [0.25, 0.3) is 10.8 Å². The molecule has 1 aromatic carbocycles. The van der Waals surface area contributed by atoms with Crippen molar-refractivity contribution in [3.05, 3.63) is 35.5 Å². The number of aromatic nitrogens is 1. The van der Waals surface area contributed by atoms with E-state index in [9.17, 15) is 0 Å². The number of benzene rings is 1. The van der Waals surface area contributed by atoms with Gasteiger partial charge in [-0.05, 0) is 13.8 Å². The van der Waals surface area contributed by atoms with Crippen LogP contribution in [0.1, 0.15) is 18.2 Å². The first kappa shape index (κ1) is 10.4. The molecule has 3 heteroatoms. The van der Waals surface area contributed by atoms with Crippen LogP contribution in [-0.2, 0) is 0 Å². The summed E-state index contributed by atoms with van der Waals surface area (Å²) in [6, 6.07) is 10.1. The molecular weight excluding hydrogens is 198 g/mol. The van der Waals surface area contributed by atoms with Gasteiger partial charge in [0.2, 0.25) is 0 Å². The fraction of sp³-hybridized carbons (Fsp3) is 0.231. The van der Waals surface area contributed by atoms with Crippen LogP contribution in [-0.4, -0.2) is 11.5 Å². The SMILES string of the molecule is CCNc1nc(C)c(C#N)c2ccccc12. The van der Waals surface area contributed by atoms with Crippen LogP contribution in [0.5, 0.6) is 0 Å². The van der Waals surface area contributed by atoms with Crippen molar-refractivity contribution in [3.63, 3.8) is 0 Å². The third kappa shape index (κ3) is 1.59. The molecule has 0 spiro atoms. The van der Waals surface area contributed by atoms with Gasteiger partial charge in [0.1, 0.15) is 11.9 Å². The Labute approximate surface area is 94.7 Å². The number of nitrogens with zero attached hydrogens (tertiary/aromatic N) is 2. The Hall–Kier alpha value is -2.08. The zero-order chi connectivity index (χ0) is 11.5. The van der Waals surface area contributed by atoms with Crippen molar-refractivity contribution in [1.29, 1.82) is 5.26 Å². The Morgan fingerprint density at radius 1 is 1.31 bits per heavy atom. The summed E-state index contributed by atoms with van der Waals surface area (Å²) in [7, 11) is 0. The summed E-state index contributed by atoms with van der Waals surface area (Å²) in [5.41, 5.74) is 1.44. The van der Waals surface area contributed by atoms with Crippen LogP contribution in [0.4, 0.5) is 5.82 Å². The molecule has 2 rings (SSSR count). The lowest BCUT2D eigenvalue weighted by Crippen LogP contribution is -2.02. The number of fused-ring (bicyclic) bond motifs is 1. The predicted molar refractivity (Wildman–Crippen MR) is 65.4 cm³/mol. The molecule has 80 valence electrons. The van der Waals surface area contributed by atoms with Crippen molar-refractivity contribution >= 4 is 16.6 Å². The summed E-state index contributed by atoms with van der Waals surface area (Å²) >= 11 is 0. The summed E-state index contributed by atoms with van der Waals surface area (Å²) in [6.45, 7) is 4.72. The number of nitriles is 1. The van der Waals surface area contributed by atoms with E-state index in [-0.39, 0.29) is 0 Å². The Kier molecular flexibility index (Phi) is 2.74. The largest absolute Gasteiger partial charge is 0.370 e. The third-order valence-corrected chi connectivity index (χ3v) is 2.55. The molecule has 0 saturated carbocycles. The standard InChI is InChI=1S/C13H13N3/c1-3-15-13-11-7-5-4-6-10(11)12(8-14)9(2)16-13/h4-7H,3H2,1-2H3,(H,15,16). The van der Waals surface area contributed by atoms with Gasteiger partial charge >= 0.3 is 0 Å². The van der Waals surface area contributed by atoms with E-state index in [1.54, 1.807) is 0 Å². The molecule has 0 aliphatic carbocycles. The monoisotopic (exact) mass is 211 g/mol. The number of aryl methyl sites for hydroxylation is 1. The lowest BCUT2D eigenvalue weighted by Gasteiger charge is -2.10. The second kappa shape index (κ2) is 4.19. The lowest BCUT2D eigenvalue weighted by atomic mass is 10.1. The first-order valence-corrected chi connectivity index (χ1v) is 5.31. The number of nitrogens with one attached hydrogen (secondary N) is 1. The summed E-state index contributed by atoms with van der Waals surface area (Å²) < 4.78 is 0. The van der Waals surface area contributed by atoms with Gasteiger partial charge in [-0.1, -0.05) is 24.3 Å². The van der Waals surface area contributed by atoms with Crippen LogP contribution < -0.4 is 5.32 Å². The second-order valence-electron chi connectivity index (χ2n) is 3.61. The molecule has 1 heterocycles. The van der Waals surface area contributed by atoms with Crippen molar-refractivity contribution in [3.8, 4) is 6.07 Å². The van der Waals surface area contributed by atoms with E-state index in [1.165, 1.54) is 0 Å². The summed E-state index contributed by atoms with van der Waals surface area (Å²) in [5, 5.41) is 14.3. The predicted octanol–water partition coefficient (Wildman–Crippen LogP) is 2.85. The van der Waals surface area contributed by atoms with E-state index >= 15 is 0 Å². The fourth-order valence-corrected chi connectivity index (χ4v) is 1.83. The first-order chi connectivity index (χ1) is 7.77. The molecule has 2 aromatic rings. The van der Waals surface area contributed by atoms with E-state index in [4.69, 9.17) is 5.26 Å². The molecule has 16 heavy (non-hydrogen) atoms. The fourth-order valence-electron chi connectivity index (χ4n) is 1.83. The lowest BCUT2D eigenvalue weighted by molar-refractivity contribution is 1.13. The molecule has 3 nitrogen and oxygen atoms in total. The van der Waals surface area contributed by atoms with Gasteiger partial charge in [0.15, 0.2) is 0 Å². The Morgan fingerprint density at radius 3 is 2.62 bits per heavy atom. The zero-order valence-electron chi connectivity index (χ0n) is 9.41. The van der Waals surface area contributed by atoms with Crippen LogP contribution in [0.15, 0.2) is 24.3 Å². The molecule has 0 aliphatic rings. The molecule has 1 aromatic heterocycles. The van der Waals surface area contributed by atoms with Gasteiger partial charge in [-0.15, -0.1) is 0 Å². The van der Waals surface area contributed by atoms with Crippen molar-refractivity contribution < 1.29 is 0 Å². The van der Waals surface area contributed by atoms with Gasteiger partial charge in [0.05, 0.1) is 11.3 Å². The quantitative estimate of drug-likeness (QED) is 0.830. The molecule has 0 amide bonds. The molecule has 0 radical (unpaired) electrons. The molecule has 0 aliphatic heterocycles. The number of hydrogen-bond donors (Lipinski definition) is 1. The summed E-state index contributed by atoms with van der Waals surface area (Å²) in [6.07, 6.45) is 0. The topological polar surface area (TPSA) is 48.7 Å². The Balaban J connectivity index is 2.81. The van der Waals surface area contributed by atoms with Crippen LogP contribution in [0, 0.1) is 18.3 Å². The second-order valence-corrected chi connectivity index (χ2v) is 3.61. The summed E-state index contributed by atoms with van der Waals surface area (Å²) in [5.74, 6) is 0.856. The Bertz CT molecular complexity index is 567. The van der Waals surface area contributed by atoms with E-state index in [0.29, 0.717) is 5.56 Å². The molecule has 0 atom stereocenters. The molecule has 0 unspecified atom stereocenters. The van der Waals surface area contributed by atoms with E-state index in [0.717, 1.165) is 28.8 Å².